The Morgan fingerprint density at radius 3 is 2.73 bits per heavy atom. The Morgan fingerprint density at radius 2 is 2.03 bits per heavy atom. The molecule has 2 aliphatic heterocycles. The lowest BCUT2D eigenvalue weighted by molar-refractivity contribution is 0.211. The van der Waals surface area contributed by atoms with Crippen molar-refractivity contribution in [2.45, 2.75) is 32.4 Å². The fraction of sp³-hybridized carbons (Fsp3) is 0.261. The molecule has 0 aromatic heterocycles. The second kappa shape index (κ2) is 8.42. The van der Waals surface area contributed by atoms with Gasteiger partial charge >= 0.3 is 0 Å². The number of fused-ring (bicyclic) bond motifs is 3. The summed E-state index contributed by atoms with van der Waals surface area (Å²) in [5.74, 6) is 0. The van der Waals surface area contributed by atoms with Gasteiger partial charge < -0.3 is 16.5 Å². The van der Waals surface area contributed by atoms with E-state index in [2.05, 4.69) is 58.3 Å². The molecule has 2 aliphatic rings. The highest BCUT2D eigenvalue weighted by molar-refractivity contribution is 6.30. The van der Waals surface area contributed by atoms with E-state index in [1.54, 1.807) is 19.5 Å². The maximum atomic E-state index is 6.08. The number of nitrogens with two attached hydrogens (primary N) is 1. The number of allylic oxidation sites excluding steroid dienone is 2. The topological polar surface area (TPSA) is 77.7 Å². The van der Waals surface area contributed by atoms with Crippen LogP contribution in [0.4, 0.5) is 5.69 Å². The van der Waals surface area contributed by atoms with Crippen LogP contribution in [0, 0.1) is 0 Å². The van der Waals surface area contributed by atoms with Crippen molar-refractivity contribution in [3.8, 4) is 0 Å². The third-order valence-corrected chi connectivity index (χ3v) is 5.88. The summed E-state index contributed by atoms with van der Waals surface area (Å²) < 4.78 is 0. The van der Waals surface area contributed by atoms with Gasteiger partial charge in [0.2, 0.25) is 0 Å². The van der Waals surface area contributed by atoms with Crippen LogP contribution in [0.5, 0.6) is 0 Å². The van der Waals surface area contributed by atoms with Gasteiger partial charge in [-0.25, -0.2) is 0 Å². The number of hydrazine groups is 2. The van der Waals surface area contributed by atoms with E-state index in [9.17, 15) is 0 Å². The molecule has 4 rings (SSSR count). The zero-order valence-corrected chi connectivity index (χ0v) is 18.2. The van der Waals surface area contributed by atoms with E-state index in [0.29, 0.717) is 0 Å². The van der Waals surface area contributed by atoms with Gasteiger partial charge in [-0.15, -0.1) is 5.53 Å². The molecule has 30 heavy (non-hydrogen) atoms. The Morgan fingerprint density at radius 1 is 1.27 bits per heavy atom. The van der Waals surface area contributed by atoms with E-state index in [4.69, 9.17) is 17.3 Å². The smallest absolute Gasteiger partial charge is 0.0817 e. The van der Waals surface area contributed by atoms with Gasteiger partial charge in [-0.3, -0.25) is 10.0 Å². The van der Waals surface area contributed by atoms with Crippen LogP contribution < -0.4 is 22.0 Å². The third kappa shape index (κ3) is 3.76. The number of nitrogens with one attached hydrogen (secondary N) is 3. The predicted molar refractivity (Wildman–Crippen MR) is 126 cm³/mol. The molecule has 2 aromatic rings. The van der Waals surface area contributed by atoms with E-state index in [-0.39, 0.29) is 12.1 Å². The summed E-state index contributed by atoms with van der Waals surface area (Å²) in [5.41, 5.74) is 20.1. The molecule has 0 amide bonds. The zero-order chi connectivity index (χ0) is 21.3. The van der Waals surface area contributed by atoms with Crippen molar-refractivity contribution in [1.82, 2.24) is 16.0 Å². The van der Waals surface area contributed by atoms with Crippen molar-refractivity contribution >= 4 is 34.8 Å². The molecule has 2 heterocycles. The maximum Gasteiger partial charge on any atom is 0.0817 e. The lowest BCUT2D eigenvalue weighted by Gasteiger charge is -2.27. The number of hydrogen-bond acceptors (Lipinski definition) is 6. The second-order valence-electron chi connectivity index (χ2n) is 7.68. The van der Waals surface area contributed by atoms with Crippen LogP contribution in [0.15, 0.2) is 59.4 Å². The van der Waals surface area contributed by atoms with Gasteiger partial charge in [0.1, 0.15) is 0 Å². The SMILES string of the molecule is CN=CC(=CN)c1ccc2c(c1)C(Nc1ccc(Cl)cc1)CC(C)N1NNC(C)=C21. The molecule has 0 bridgehead atoms. The zero-order valence-electron chi connectivity index (χ0n) is 17.4. The van der Waals surface area contributed by atoms with E-state index in [1.807, 2.05) is 24.3 Å². The van der Waals surface area contributed by atoms with Crippen LogP contribution in [0.2, 0.25) is 5.02 Å². The van der Waals surface area contributed by atoms with E-state index in [1.165, 1.54) is 16.8 Å². The summed E-state index contributed by atoms with van der Waals surface area (Å²) in [5, 5.41) is 6.65. The normalized spacial score (nSPS) is 21.3. The van der Waals surface area contributed by atoms with Crippen molar-refractivity contribution in [3.05, 3.63) is 76.1 Å². The van der Waals surface area contributed by atoms with Gasteiger partial charge in [0.05, 0.1) is 17.4 Å². The van der Waals surface area contributed by atoms with E-state index < -0.39 is 0 Å². The molecule has 2 atom stereocenters. The van der Waals surface area contributed by atoms with Gasteiger partial charge in [-0.05, 0) is 61.7 Å². The highest BCUT2D eigenvalue weighted by Gasteiger charge is 2.34. The van der Waals surface area contributed by atoms with Gasteiger partial charge in [0, 0.05) is 47.4 Å². The molecule has 0 saturated carbocycles. The Bertz CT molecular complexity index is 1020. The van der Waals surface area contributed by atoms with Gasteiger partial charge in [-0.2, -0.15) is 0 Å². The first kappa shape index (κ1) is 20.3. The van der Waals surface area contributed by atoms with Gasteiger partial charge in [0.15, 0.2) is 0 Å². The highest BCUT2D eigenvalue weighted by atomic mass is 35.5. The van der Waals surface area contributed by atoms with Crippen LogP contribution >= 0.6 is 11.6 Å². The molecule has 5 N–H and O–H groups in total. The lowest BCUT2D eigenvalue weighted by Crippen LogP contribution is -2.43. The molecule has 2 unspecified atom stereocenters. The molecule has 2 aromatic carbocycles. The van der Waals surface area contributed by atoms with Crippen LogP contribution in [0.25, 0.3) is 11.3 Å². The van der Waals surface area contributed by atoms with Crippen molar-refractivity contribution in [2.24, 2.45) is 10.7 Å². The summed E-state index contributed by atoms with van der Waals surface area (Å²) in [6, 6.07) is 14.7. The monoisotopic (exact) mass is 422 g/mol. The Kier molecular flexibility index (Phi) is 5.70. The molecule has 7 heteroatoms. The summed E-state index contributed by atoms with van der Waals surface area (Å²) in [6.07, 6.45) is 4.30. The lowest BCUT2D eigenvalue weighted by atomic mass is 9.92. The summed E-state index contributed by atoms with van der Waals surface area (Å²) in [6.45, 7) is 4.32. The van der Waals surface area contributed by atoms with Gasteiger partial charge in [-0.1, -0.05) is 23.7 Å². The number of halogens is 1. The third-order valence-electron chi connectivity index (χ3n) is 5.63. The predicted octanol–water partition coefficient (Wildman–Crippen LogP) is 4.30. The average Bonchev–Trinajstić information content (AvgIpc) is 3.09. The number of rotatable bonds is 4. The minimum Gasteiger partial charge on any atom is -0.404 e. The molecule has 0 saturated heterocycles. The first-order chi connectivity index (χ1) is 14.5. The largest absolute Gasteiger partial charge is 0.404 e. The van der Waals surface area contributed by atoms with Crippen molar-refractivity contribution in [3.63, 3.8) is 0 Å². The quantitative estimate of drug-likeness (QED) is 0.552. The van der Waals surface area contributed by atoms with Crippen molar-refractivity contribution in [1.29, 1.82) is 0 Å². The molecule has 0 fully saturated rings. The van der Waals surface area contributed by atoms with Gasteiger partial charge in [0.25, 0.3) is 0 Å². The van der Waals surface area contributed by atoms with Crippen LogP contribution in [0.3, 0.4) is 0 Å². The fourth-order valence-electron chi connectivity index (χ4n) is 4.16. The van der Waals surface area contributed by atoms with E-state index in [0.717, 1.165) is 34.0 Å². The standard InChI is InChI=1S/C23H27ClN6/c1-14-10-22(27-19-7-5-18(24)6-8-19)21-11-16(17(12-25)13-26-3)4-9-20(21)23-15(2)28-29-30(14)23/h4-9,11-14,22,27-29H,10,25H2,1-3H3. The van der Waals surface area contributed by atoms with Crippen molar-refractivity contribution in [2.75, 3.05) is 12.4 Å². The first-order valence-corrected chi connectivity index (χ1v) is 10.4. The minimum atomic E-state index is 0.112. The van der Waals surface area contributed by atoms with Crippen LogP contribution in [-0.4, -0.2) is 24.3 Å². The first-order valence-electron chi connectivity index (χ1n) is 10.0. The highest BCUT2D eigenvalue weighted by Crippen LogP contribution is 2.40. The molecule has 6 nitrogen and oxygen atoms in total. The van der Waals surface area contributed by atoms with E-state index >= 15 is 0 Å². The minimum absolute atomic E-state index is 0.112. The van der Waals surface area contributed by atoms with Crippen LogP contribution in [0.1, 0.15) is 43.0 Å². The number of aliphatic imine (C=N–C) groups is 1. The number of anilines is 1. The Hall–Kier alpha value is -2.96. The number of nitrogens with zero attached hydrogens (tertiary/aromatic N) is 2. The molecule has 0 radical (unpaired) electrons. The fourth-order valence-corrected chi connectivity index (χ4v) is 4.28. The summed E-state index contributed by atoms with van der Waals surface area (Å²) in [7, 11) is 1.75. The molecule has 0 aliphatic carbocycles. The summed E-state index contributed by atoms with van der Waals surface area (Å²) in [4.78, 5) is 4.15. The Balaban J connectivity index is 1.84. The number of benzene rings is 2. The molecular formula is C23H27ClN6. The molecule has 0 spiro atoms. The molecule has 156 valence electrons. The maximum absolute atomic E-state index is 6.08. The number of hydrogen-bond donors (Lipinski definition) is 4. The summed E-state index contributed by atoms with van der Waals surface area (Å²) >= 11 is 6.08. The molecular weight excluding hydrogens is 396 g/mol. The average molecular weight is 423 g/mol. The second-order valence-corrected chi connectivity index (χ2v) is 8.12. The van der Waals surface area contributed by atoms with Crippen molar-refractivity contribution < 1.29 is 0 Å². The van der Waals surface area contributed by atoms with Crippen LogP contribution in [-0.2, 0) is 0 Å². The Labute approximate surface area is 182 Å².